The lowest BCUT2D eigenvalue weighted by atomic mass is 10.2. The first-order valence-corrected chi connectivity index (χ1v) is 9.01. The van der Waals surface area contributed by atoms with E-state index in [-0.39, 0.29) is 18.2 Å². The summed E-state index contributed by atoms with van der Waals surface area (Å²) >= 11 is 0. The monoisotopic (exact) mass is 407 g/mol. The van der Waals surface area contributed by atoms with Crippen LogP contribution in [0.15, 0.2) is 42.7 Å². The minimum Gasteiger partial charge on any atom is -0.396 e. The molecule has 0 spiro atoms. The highest BCUT2D eigenvalue weighted by Gasteiger charge is 2.29. The first-order chi connectivity index (χ1) is 13.9. The number of amides is 1. The molecule has 0 aliphatic carbocycles. The Hall–Kier alpha value is -3.14. The van der Waals surface area contributed by atoms with Gasteiger partial charge in [0.1, 0.15) is 5.69 Å². The minimum absolute atomic E-state index is 0.0121. The van der Waals surface area contributed by atoms with Gasteiger partial charge >= 0.3 is 6.18 Å². The summed E-state index contributed by atoms with van der Waals surface area (Å²) < 4.78 is 39.4. The second kappa shape index (κ2) is 8.91. The average molecular weight is 407 g/mol. The Labute approximate surface area is 164 Å². The highest BCUT2D eigenvalue weighted by Crippen LogP contribution is 2.29. The Morgan fingerprint density at radius 1 is 1.14 bits per heavy atom. The number of hydrogen-bond donors (Lipinski definition) is 3. The van der Waals surface area contributed by atoms with Crippen LogP contribution in [0.1, 0.15) is 22.5 Å². The second-order valence-corrected chi connectivity index (χ2v) is 6.32. The van der Waals surface area contributed by atoms with Crippen molar-refractivity contribution < 1.29 is 23.1 Å². The van der Waals surface area contributed by atoms with Gasteiger partial charge in [-0.15, -0.1) is 0 Å². The molecule has 0 radical (unpaired) electrons. The van der Waals surface area contributed by atoms with Crippen molar-refractivity contribution in [3.8, 4) is 0 Å². The van der Waals surface area contributed by atoms with E-state index in [1.807, 2.05) is 0 Å². The number of hydrogen-bond acceptors (Lipinski definition) is 5. The molecule has 0 aliphatic rings. The third-order valence-corrected chi connectivity index (χ3v) is 4.20. The number of nitrogens with zero attached hydrogens (tertiary/aromatic N) is 3. The molecule has 0 saturated carbocycles. The average Bonchev–Trinajstić information content (AvgIpc) is 3.10. The molecule has 3 rings (SSSR count). The number of halogens is 3. The Morgan fingerprint density at radius 2 is 1.90 bits per heavy atom. The van der Waals surface area contributed by atoms with Gasteiger partial charge in [-0.1, -0.05) is 0 Å². The van der Waals surface area contributed by atoms with Crippen LogP contribution in [-0.2, 0) is 12.7 Å². The Morgan fingerprint density at radius 3 is 2.59 bits per heavy atom. The van der Waals surface area contributed by atoms with Gasteiger partial charge in [0.15, 0.2) is 0 Å². The summed E-state index contributed by atoms with van der Waals surface area (Å²) in [6.45, 7) is 1.21. The van der Waals surface area contributed by atoms with Crippen molar-refractivity contribution >= 4 is 22.5 Å². The molecule has 10 heteroatoms. The van der Waals surface area contributed by atoms with Crippen LogP contribution >= 0.6 is 0 Å². The number of alkyl halides is 3. The second-order valence-electron chi connectivity index (χ2n) is 6.32. The van der Waals surface area contributed by atoms with E-state index in [9.17, 15) is 18.0 Å². The number of carbonyl (C=O) groups excluding carboxylic acids is 1. The number of aromatic nitrogens is 3. The van der Waals surface area contributed by atoms with E-state index < -0.39 is 11.7 Å². The molecule has 3 aromatic rings. The van der Waals surface area contributed by atoms with Crippen molar-refractivity contribution in [3.05, 3.63) is 54.0 Å². The summed E-state index contributed by atoms with van der Waals surface area (Å²) in [5.74, 6) is -0.341. The summed E-state index contributed by atoms with van der Waals surface area (Å²) in [4.78, 5) is 16.4. The molecule has 0 atom stereocenters. The lowest BCUT2D eigenvalue weighted by molar-refractivity contribution is -0.137. The molecule has 3 N–H and O–H groups in total. The maximum Gasteiger partial charge on any atom is 0.416 e. The molecule has 0 aliphatic heterocycles. The standard InChI is InChI=1S/C19H20F3N5O2/c20-19(21,22)13-2-4-14(5-3-13)23-9-10-27-12-15-16(26-27)6-8-24-17(15)18(29)25-7-1-11-28/h2-6,8,12,23,28H,1,7,9-11H2,(H,25,29). The van der Waals surface area contributed by atoms with Crippen molar-refractivity contribution in [1.29, 1.82) is 0 Å². The molecular weight excluding hydrogens is 387 g/mol. The summed E-state index contributed by atoms with van der Waals surface area (Å²) in [5.41, 5.74) is 0.739. The van der Waals surface area contributed by atoms with Crippen molar-refractivity contribution in [2.45, 2.75) is 19.1 Å². The van der Waals surface area contributed by atoms with E-state index in [1.54, 1.807) is 16.9 Å². The van der Waals surface area contributed by atoms with Gasteiger partial charge < -0.3 is 15.7 Å². The maximum absolute atomic E-state index is 12.6. The predicted molar refractivity (Wildman–Crippen MR) is 101 cm³/mol. The van der Waals surface area contributed by atoms with Crippen LogP contribution in [0.25, 0.3) is 10.9 Å². The number of aliphatic hydroxyl groups is 1. The number of benzene rings is 1. The summed E-state index contributed by atoms with van der Waals surface area (Å²) in [7, 11) is 0. The van der Waals surface area contributed by atoms with Gasteiger partial charge in [0.2, 0.25) is 0 Å². The minimum atomic E-state index is -4.36. The number of pyridine rings is 1. The van der Waals surface area contributed by atoms with Crippen LogP contribution in [0.5, 0.6) is 0 Å². The van der Waals surface area contributed by atoms with Crippen molar-refractivity contribution in [2.24, 2.45) is 0 Å². The van der Waals surface area contributed by atoms with Gasteiger partial charge in [-0.25, -0.2) is 0 Å². The molecule has 0 saturated heterocycles. The Kier molecular flexibility index (Phi) is 6.32. The molecular formula is C19H20F3N5O2. The van der Waals surface area contributed by atoms with Crippen LogP contribution in [-0.4, -0.2) is 45.5 Å². The van der Waals surface area contributed by atoms with Crippen LogP contribution in [0.4, 0.5) is 18.9 Å². The van der Waals surface area contributed by atoms with Gasteiger partial charge in [0.05, 0.1) is 23.0 Å². The maximum atomic E-state index is 12.6. The van der Waals surface area contributed by atoms with E-state index in [4.69, 9.17) is 5.11 Å². The Bertz CT molecular complexity index is 970. The number of aliphatic hydroxyl groups excluding tert-OH is 1. The number of carbonyl (C=O) groups is 1. The summed E-state index contributed by atoms with van der Waals surface area (Å²) in [5, 5.41) is 19.5. The van der Waals surface area contributed by atoms with E-state index in [2.05, 4.69) is 20.7 Å². The SMILES string of the molecule is O=C(NCCCO)c1nccc2nn(CCNc3ccc(C(F)(F)F)cc3)cc12. The number of rotatable bonds is 8. The highest BCUT2D eigenvalue weighted by atomic mass is 19.4. The smallest absolute Gasteiger partial charge is 0.396 e. The zero-order valence-electron chi connectivity index (χ0n) is 15.4. The lowest BCUT2D eigenvalue weighted by Gasteiger charge is -2.09. The first-order valence-electron chi connectivity index (χ1n) is 9.01. The zero-order valence-corrected chi connectivity index (χ0v) is 15.4. The van der Waals surface area contributed by atoms with Gasteiger partial charge in [-0.05, 0) is 36.8 Å². The van der Waals surface area contributed by atoms with Gasteiger partial charge in [-0.3, -0.25) is 14.5 Å². The highest BCUT2D eigenvalue weighted by molar-refractivity contribution is 6.04. The van der Waals surface area contributed by atoms with Crippen LogP contribution in [0.3, 0.4) is 0 Å². The van der Waals surface area contributed by atoms with E-state index >= 15 is 0 Å². The lowest BCUT2D eigenvalue weighted by Crippen LogP contribution is -2.26. The molecule has 0 fully saturated rings. The normalized spacial score (nSPS) is 11.6. The van der Waals surface area contributed by atoms with Crippen molar-refractivity contribution in [3.63, 3.8) is 0 Å². The molecule has 29 heavy (non-hydrogen) atoms. The molecule has 7 nitrogen and oxygen atoms in total. The van der Waals surface area contributed by atoms with Gasteiger partial charge in [0.25, 0.3) is 5.91 Å². The zero-order chi connectivity index (χ0) is 20.9. The van der Waals surface area contributed by atoms with E-state index in [0.717, 1.165) is 12.1 Å². The van der Waals surface area contributed by atoms with Crippen LogP contribution in [0.2, 0.25) is 0 Å². The summed E-state index contributed by atoms with van der Waals surface area (Å²) in [6, 6.07) is 6.50. The predicted octanol–water partition coefficient (Wildman–Crippen LogP) is 2.67. The van der Waals surface area contributed by atoms with Crippen molar-refractivity contribution in [1.82, 2.24) is 20.1 Å². The largest absolute Gasteiger partial charge is 0.416 e. The van der Waals surface area contributed by atoms with E-state index in [1.165, 1.54) is 18.3 Å². The van der Waals surface area contributed by atoms with E-state index in [0.29, 0.717) is 42.6 Å². The molecule has 0 unspecified atom stereocenters. The van der Waals surface area contributed by atoms with Crippen molar-refractivity contribution in [2.75, 3.05) is 25.0 Å². The molecule has 1 aromatic carbocycles. The number of nitrogens with one attached hydrogen (secondary N) is 2. The fourth-order valence-corrected chi connectivity index (χ4v) is 2.75. The molecule has 2 aromatic heterocycles. The molecule has 2 heterocycles. The van der Waals surface area contributed by atoms with Gasteiger partial charge in [0, 0.05) is 37.8 Å². The quantitative estimate of drug-likeness (QED) is 0.500. The molecule has 0 bridgehead atoms. The molecule has 1 amide bonds. The van der Waals surface area contributed by atoms with Crippen LogP contribution < -0.4 is 10.6 Å². The summed E-state index contributed by atoms with van der Waals surface area (Å²) in [6.07, 6.45) is -0.695. The first kappa shape index (κ1) is 20.6. The fraction of sp³-hybridized carbons (Fsp3) is 0.316. The van der Waals surface area contributed by atoms with Crippen LogP contribution in [0, 0.1) is 0 Å². The third kappa shape index (κ3) is 5.23. The fourth-order valence-electron chi connectivity index (χ4n) is 2.75. The number of fused-ring (bicyclic) bond motifs is 1. The number of anilines is 1. The molecule has 154 valence electrons. The topological polar surface area (TPSA) is 92.1 Å². The van der Waals surface area contributed by atoms with Gasteiger partial charge in [-0.2, -0.15) is 18.3 Å². The Balaban J connectivity index is 1.62. The third-order valence-electron chi connectivity index (χ3n) is 4.20.